The summed E-state index contributed by atoms with van der Waals surface area (Å²) in [7, 11) is 0. The third-order valence-electron chi connectivity index (χ3n) is 3.41. The van der Waals surface area contributed by atoms with Crippen molar-refractivity contribution in [1.29, 1.82) is 5.26 Å². The SMILES string of the molecule is N#Cc1c(N)n[nH]c1CCCNc1ccc2nnc(C(F)(F)F)n2n1. The molecule has 12 heteroatoms. The maximum absolute atomic E-state index is 12.8. The Balaban J connectivity index is 1.64. The number of nitrogens with zero attached hydrogens (tertiary/aromatic N) is 6. The van der Waals surface area contributed by atoms with Gasteiger partial charge in [-0.3, -0.25) is 5.10 Å². The molecule has 0 amide bonds. The van der Waals surface area contributed by atoms with Gasteiger partial charge in [-0.1, -0.05) is 0 Å². The van der Waals surface area contributed by atoms with Crippen molar-refractivity contribution in [3.8, 4) is 6.07 Å². The molecule has 0 fully saturated rings. The topological polar surface area (TPSA) is 134 Å². The summed E-state index contributed by atoms with van der Waals surface area (Å²) < 4.78 is 39.1. The lowest BCUT2D eigenvalue weighted by Crippen LogP contribution is -2.14. The lowest BCUT2D eigenvalue weighted by Gasteiger charge is -2.07. The van der Waals surface area contributed by atoms with E-state index < -0.39 is 12.0 Å². The highest BCUT2D eigenvalue weighted by atomic mass is 19.4. The van der Waals surface area contributed by atoms with Crippen LogP contribution in [-0.4, -0.2) is 36.6 Å². The number of aromatic nitrogens is 6. The molecular weight excluding hydrogens is 339 g/mol. The summed E-state index contributed by atoms with van der Waals surface area (Å²) in [5.41, 5.74) is 6.46. The fourth-order valence-electron chi connectivity index (χ4n) is 2.24. The van der Waals surface area contributed by atoms with E-state index in [1.807, 2.05) is 6.07 Å². The van der Waals surface area contributed by atoms with Gasteiger partial charge in [-0.05, 0) is 25.0 Å². The summed E-state index contributed by atoms with van der Waals surface area (Å²) in [6.07, 6.45) is -3.55. The number of aryl methyl sites for hydroxylation is 1. The van der Waals surface area contributed by atoms with E-state index in [0.717, 1.165) is 0 Å². The number of nitriles is 1. The second-order valence-corrected chi connectivity index (χ2v) is 5.11. The number of rotatable bonds is 5. The van der Waals surface area contributed by atoms with E-state index in [2.05, 4.69) is 30.8 Å². The number of H-pyrrole nitrogens is 1. The third kappa shape index (κ3) is 3.30. The van der Waals surface area contributed by atoms with E-state index in [1.165, 1.54) is 12.1 Å². The fraction of sp³-hybridized carbons (Fsp3) is 0.308. The van der Waals surface area contributed by atoms with Crippen LogP contribution in [0.3, 0.4) is 0 Å². The summed E-state index contributed by atoms with van der Waals surface area (Å²) in [6.45, 7) is 0.422. The smallest absolute Gasteiger partial charge is 0.381 e. The zero-order valence-corrected chi connectivity index (χ0v) is 12.7. The summed E-state index contributed by atoms with van der Waals surface area (Å²) in [5, 5.41) is 28.7. The fourth-order valence-corrected chi connectivity index (χ4v) is 2.24. The first-order valence-electron chi connectivity index (χ1n) is 7.16. The number of hydrogen-bond acceptors (Lipinski definition) is 7. The normalized spacial score (nSPS) is 11.6. The van der Waals surface area contributed by atoms with Crippen molar-refractivity contribution in [2.24, 2.45) is 0 Å². The molecule has 0 aromatic carbocycles. The summed E-state index contributed by atoms with van der Waals surface area (Å²) in [6, 6.07) is 4.87. The Morgan fingerprint density at radius 3 is 2.84 bits per heavy atom. The van der Waals surface area contributed by atoms with Crippen LogP contribution in [0.1, 0.15) is 23.5 Å². The number of anilines is 2. The average Bonchev–Trinajstić information content (AvgIpc) is 3.14. The zero-order valence-electron chi connectivity index (χ0n) is 12.7. The van der Waals surface area contributed by atoms with Gasteiger partial charge in [0.25, 0.3) is 5.82 Å². The van der Waals surface area contributed by atoms with Crippen LogP contribution in [0.2, 0.25) is 0 Å². The number of fused-ring (bicyclic) bond motifs is 1. The number of nitrogen functional groups attached to an aromatic ring is 1. The molecule has 0 bridgehead atoms. The Labute approximate surface area is 138 Å². The van der Waals surface area contributed by atoms with Crippen molar-refractivity contribution in [3.05, 3.63) is 29.2 Å². The van der Waals surface area contributed by atoms with Gasteiger partial charge in [0.05, 0.1) is 5.69 Å². The summed E-state index contributed by atoms with van der Waals surface area (Å²) >= 11 is 0. The third-order valence-corrected chi connectivity index (χ3v) is 3.41. The molecule has 0 aliphatic carbocycles. The van der Waals surface area contributed by atoms with Crippen LogP contribution >= 0.6 is 0 Å². The van der Waals surface area contributed by atoms with Gasteiger partial charge >= 0.3 is 6.18 Å². The summed E-state index contributed by atoms with van der Waals surface area (Å²) in [4.78, 5) is 0. The first kappa shape index (κ1) is 16.5. The van der Waals surface area contributed by atoms with Gasteiger partial charge in [0.15, 0.2) is 11.5 Å². The molecule has 9 nitrogen and oxygen atoms in total. The van der Waals surface area contributed by atoms with E-state index in [0.29, 0.717) is 35.2 Å². The van der Waals surface area contributed by atoms with E-state index in [1.54, 1.807) is 0 Å². The lowest BCUT2D eigenvalue weighted by atomic mass is 10.1. The van der Waals surface area contributed by atoms with Crippen LogP contribution in [0.15, 0.2) is 12.1 Å². The standard InChI is InChI=1S/C13H12F3N9/c14-13(15,16)12-23-21-10-4-3-9(24-25(10)12)19-5-1-2-8-7(6-17)11(18)22-20-8/h3-4H,1-2,5H2,(H,19,24)(H3,18,20,22). The molecule has 0 radical (unpaired) electrons. The number of nitrogens with two attached hydrogens (primary N) is 1. The molecule has 25 heavy (non-hydrogen) atoms. The predicted octanol–water partition coefficient (Wildman–Crippen LogP) is 1.36. The van der Waals surface area contributed by atoms with Gasteiger partial charge < -0.3 is 11.1 Å². The largest absolute Gasteiger partial charge is 0.453 e. The molecule has 0 atom stereocenters. The highest BCUT2D eigenvalue weighted by molar-refractivity contribution is 5.51. The Kier molecular flexibility index (Phi) is 4.14. The molecule has 130 valence electrons. The van der Waals surface area contributed by atoms with Gasteiger partial charge in [0.1, 0.15) is 17.5 Å². The molecule has 0 unspecified atom stereocenters. The van der Waals surface area contributed by atoms with Gasteiger partial charge in [0.2, 0.25) is 0 Å². The van der Waals surface area contributed by atoms with Crippen molar-refractivity contribution in [3.63, 3.8) is 0 Å². The Morgan fingerprint density at radius 2 is 2.12 bits per heavy atom. The minimum absolute atomic E-state index is 0.00414. The van der Waals surface area contributed by atoms with Gasteiger partial charge in [-0.2, -0.15) is 28.0 Å². The molecule has 0 aliphatic rings. The van der Waals surface area contributed by atoms with Crippen molar-refractivity contribution in [2.75, 3.05) is 17.6 Å². The molecule has 3 aromatic heterocycles. The first-order valence-corrected chi connectivity index (χ1v) is 7.16. The minimum atomic E-state index is -4.64. The minimum Gasteiger partial charge on any atom is -0.381 e. The van der Waals surface area contributed by atoms with E-state index in [-0.39, 0.29) is 17.3 Å². The van der Waals surface area contributed by atoms with Crippen molar-refractivity contribution < 1.29 is 13.2 Å². The van der Waals surface area contributed by atoms with Crippen LogP contribution < -0.4 is 11.1 Å². The second kappa shape index (κ2) is 6.27. The van der Waals surface area contributed by atoms with E-state index in [4.69, 9.17) is 11.0 Å². The van der Waals surface area contributed by atoms with E-state index in [9.17, 15) is 13.2 Å². The van der Waals surface area contributed by atoms with E-state index >= 15 is 0 Å². The summed E-state index contributed by atoms with van der Waals surface area (Å²) in [5.74, 6) is -0.787. The highest BCUT2D eigenvalue weighted by Gasteiger charge is 2.37. The van der Waals surface area contributed by atoms with Gasteiger partial charge in [-0.15, -0.1) is 15.3 Å². The maximum Gasteiger partial charge on any atom is 0.453 e. The maximum atomic E-state index is 12.8. The second-order valence-electron chi connectivity index (χ2n) is 5.11. The Hall–Kier alpha value is -3.36. The highest BCUT2D eigenvalue weighted by Crippen LogP contribution is 2.27. The van der Waals surface area contributed by atoms with Gasteiger partial charge in [0, 0.05) is 6.54 Å². The van der Waals surface area contributed by atoms with Crippen LogP contribution in [0.25, 0.3) is 5.65 Å². The number of alkyl halides is 3. The van der Waals surface area contributed by atoms with Crippen molar-refractivity contribution >= 4 is 17.3 Å². The van der Waals surface area contributed by atoms with Crippen molar-refractivity contribution in [1.82, 2.24) is 30.0 Å². The van der Waals surface area contributed by atoms with Crippen molar-refractivity contribution in [2.45, 2.75) is 19.0 Å². The number of aromatic amines is 1. The van der Waals surface area contributed by atoms with Crippen LogP contribution in [-0.2, 0) is 12.6 Å². The Morgan fingerprint density at radius 1 is 1.32 bits per heavy atom. The molecular formula is C13H12F3N9. The number of hydrogen-bond donors (Lipinski definition) is 3. The average molecular weight is 351 g/mol. The molecule has 3 heterocycles. The van der Waals surface area contributed by atoms with Crippen LogP contribution in [0, 0.1) is 11.3 Å². The van der Waals surface area contributed by atoms with Gasteiger partial charge in [-0.25, -0.2) is 0 Å². The molecule has 0 spiro atoms. The molecule has 0 saturated carbocycles. The molecule has 3 aromatic rings. The monoisotopic (exact) mass is 351 g/mol. The lowest BCUT2D eigenvalue weighted by molar-refractivity contribution is -0.146. The number of halogens is 3. The Bertz CT molecular complexity index is 935. The molecule has 0 aliphatic heterocycles. The molecule has 3 rings (SSSR count). The van der Waals surface area contributed by atoms with Crippen LogP contribution in [0.4, 0.5) is 24.8 Å². The molecule has 0 saturated heterocycles. The number of nitrogens with one attached hydrogen (secondary N) is 2. The quantitative estimate of drug-likeness (QED) is 0.591. The first-order chi connectivity index (χ1) is 11.9. The molecule has 4 N–H and O–H groups in total. The van der Waals surface area contributed by atoms with Crippen LogP contribution in [0.5, 0.6) is 0 Å². The predicted molar refractivity (Wildman–Crippen MR) is 80.3 cm³/mol. The zero-order chi connectivity index (χ0) is 18.0.